The molecule has 1 saturated heterocycles. The molecule has 192 valence electrons. The quantitative estimate of drug-likeness (QED) is 0.330. The minimum Gasteiger partial charge on any atom is -0.497 e. The fraction of sp³-hybridized carbons (Fsp3) is 0.320. The van der Waals surface area contributed by atoms with Gasteiger partial charge in [-0.3, -0.25) is 0 Å². The van der Waals surface area contributed by atoms with Crippen LogP contribution in [0.2, 0.25) is 0 Å². The van der Waals surface area contributed by atoms with Gasteiger partial charge in [0.1, 0.15) is 22.9 Å². The van der Waals surface area contributed by atoms with E-state index in [1.165, 1.54) is 11.8 Å². The molecule has 0 saturated carbocycles. The van der Waals surface area contributed by atoms with Crippen LogP contribution in [-0.4, -0.2) is 61.7 Å². The predicted octanol–water partition coefficient (Wildman–Crippen LogP) is 3.64. The van der Waals surface area contributed by atoms with Gasteiger partial charge in [-0.2, -0.15) is 5.10 Å². The number of aromatic nitrogens is 5. The molecule has 4 N–H and O–H groups in total. The van der Waals surface area contributed by atoms with Crippen molar-refractivity contribution in [3.05, 3.63) is 54.4 Å². The number of rotatable bonds is 7. The third-order valence-corrected chi connectivity index (χ3v) is 7.53. The number of nitrogens with zero attached hydrogens (tertiary/aromatic N) is 6. The average molecular weight is 521 g/mol. The lowest BCUT2D eigenvalue weighted by Crippen LogP contribution is -2.53. The maximum Gasteiger partial charge on any atom is 0.405 e. The lowest BCUT2D eigenvalue weighted by atomic mass is 9.90. The molecule has 0 spiro atoms. The van der Waals surface area contributed by atoms with E-state index in [1.54, 1.807) is 19.5 Å². The zero-order valence-corrected chi connectivity index (χ0v) is 21.4. The highest BCUT2D eigenvalue weighted by Crippen LogP contribution is 2.35. The van der Waals surface area contributed by atoms with E-state index in [-0.39, 0.29) is 0 Å². The van der Waals surface area contributed by atoms with Crippen molar-refractivity contribution in [1.29, 1.82) is 0 Å². The highest BCUT2D eigenvalue weighted by Gasteiger charge is 2.32. The number of carboxylic acid groups (broad SMARTS) is 1. The minimum absolute atomic E-state index is 0.432. The first-order valence-corrected chi connectivity index (χ1v) is 12.7. The van der Waals surface area contributed by atoms with Crippen LogP contribution in [0.15, 0.2) is 58.7 Å². The Morgan fingerprint density at radius 1 is 1.22 bits per heavy atom. The van der Waals surface area contributed by atoms with Crippen LogP contribution in [0.1, 0.15) is 25.3 Å². The standard InChI is InChI=1S/C25H28N8O3S/c1-25(30-24(34)35)9-12-32(13-10-25)19-14-28-20-22(29-19)33(15-16-5-7-17(36-2)8-6-16)31-23(20)37-18-4-3-11-27-21(18)26/h3-8,11,14,30H,9-10,12-13,15H2,1-2H3,(H2,26,27)(H,34,35). The van der Waals surface area contributed by atoms with Crippen molar-refractivity contribution in [1.82, 2.24) is 30.0 Å². The lowest BCUT2D eigenvalue weighted by molar-refractivity contribution is 0.173. The molecular formula is C25H28N8O3S. The number of piperidine rings is 1. The molecule has 37 heavy (non-hydrogen) atoms. The molecule has 4 heterocycles. The van der Waals surface area contributed by atoms with Crippen LogP contribution in [0, 0.1) is 0 Å². The largest absolute Gasteiger partial charge is 0.497 e. The number of pyridine rings is 1. The summed E-state index contributed by atoms with van der Waals surface area (Å²) >= 11 is 1.41. The Labute approximate surface area is 218 Å². The van der Waals surface area contributed by atoms with Gasteiger partial charge in [-0.25, -0.2) is 24.4 Å². The summed E-state index contributed by atoms with van der Waals surface area (Å²) in [5.74, 6) is 1.95. The number of hydrogen-bond donors (Lipinski definition) is 3. The van der Waals surface area contributed by atoms with E-state index < -0.39 is 11.6 Å². The molecule has 0 unspecified atom stereocenters. The number of nitrogens with one attached hydrogen (secondary N) is 1. The fourth-order valence-electron chi connectivity index (χ4n) is 4.35. The number of benzene rings is 1. The fourth-order valence-corrected chi connectivity index (χ4v) is 5.24. The number of carbonyl (C=O) groups is 1. The van der Waals surface area contributed by atoms with Crippen LogP contribution in [0.3, 0.4) is 0 Å². The second-order valence-electron chi connectivity index (χ2n) is 9.18. The second-order valence-corrected chi connectivity index (χ2v) is 10.2. The number of nitrogens with two attached hydrogens (primary N) is 1. The molecule has 4 aromatic rings. The molecule has 0 atom stereocenters. The molecule has 5 rings (SSSR count). The molecule has 1 aromatic carbocycles. The molecule has 1 aliphatic heterocycles. The van der Waals surface area contributed by atoms with Gasteiger partial charge in [-0.05, 0) is 49.6 Å². The number of ether oxygens (including phenoxy) is 1. The average Bonchev–Trinajstić information content (AvgIpc) is 3.22. The molecule has 0 aliphatic carbocycles. The number of amides is 1. The van der Waals surface area contributed by atoms with Gasteiger partial charge in [-0.1, -0.05) is 23.9 Å². The SMILES string of the molecule is COc1ccc(Cn2nc(Sc3cccnc3N)c3ncc(N4CCC(C)(NC(=O)O)CC4)nc32)cc1. The van der Waals surface area contributed by atoms with Gasteiger partial charge in [0.2, 0.25) is 0 Å². The van der Waals surface area contributed by atoms with Crippen molar-refractivity contribution in [2.24, 2.45) is 0 Å². The molecule has 1 fully saturated rings. The number of nitrogen functional groups attached to an aromatic ring is 1. The van der Waals surface area contributed by atoms with E-state index in [1.807, 2.05) is 48.0 Å². The molecule has 0 radical (unpaired) electrons. The van der Waals surface area contributed by atoms with Crippen LogP contribution in [0.25, 0.3) is 11.2 Å². The Bertz CT molecular complexity index is 1420. The number of anilines is 2. The lowest BCUT2D eigenvalue weighted by Gasteiger charge is -2.39. The first kappa shape index (κ1) is 24.6. The van der Waals surface area contributed by atoms with Crippen molar-refractivity contribution in [3.8, 4) is 5.75 Å². The van der Waals surface area contributed by atoms with Gasteiger partial charge >= 0.3 is 6.09 Å². The van der Waals surface area contributed by atoms with Gasteiger partial charge in [0.15, 0.2) is 10.7 Å². The summed E-state index contributed by atoms with van der Waals surface area (Å²) in [5.41, 5.74) is 8.01. The highest BCUT2D eigenvalue weighted by molar-refractivity contribution is 7.99. The molecular weight excluding hydrogens is 492 g/mol. The van der Waals surface area contributed by atoms with Crippen molar-refractivity contribution >= 4 is 40.7 Å². The zero-order valence-electron chi connectivity index (χ0n) is 20.6. The van der Waals surface area contributed by atoms with Crippen molar-refractivity contribution in [2.45, 2.75) is 41.8 Å². The van der Waals surface area contributed by atoms with E-state index in [0.29, 0.717) is 54.5 Å². The third-order valence-electron chi connectivity index (χ3n) is 6.50. The van der Waals surface area contributed by atoms with Crippen LogP contribution >= 0.6 is 11.8 Å². The minimum atomic E-state index is -1.00. The van der Waals surface area contributed by atoms with Gasteiger partial charge in [0.25, 0.3) is 0 Å². The summed E-state index contributed by atoms with van der Waals surface area (Å²) in [6, 6.07) is 11.6. The Morgan fingerprint density at radius 2 is 1.97 bits per heavy atom. The predicted molar refractivity (Wildman–Crippen MR) is 141 cm³/mol. The molecule has 1 aliphatic rings. The number of fused-ring (bicyclic) bond motifs is 1. The van der Waals surface area contributed by atoms with E-state index in [2.05, 4.69) is 15.2 Å². The Hall–Kier alpha value is -4.06. The third kappa shape index (κ3) is 5.38. The summed E-state index contributed by atoms with van der Waals surface area (Å²) in [7, 11) is 1.64. The maximum absolute atomic E-state index is 11.2. The van der Waals surface area contributed by atoms with E-state index >= 15 is 0 Å². The summed E-state index contributed by atoms with van der Waals surface area (Å²) in [6.45, 7) is 3.77. The van der Waals surface area contributed by atoms with Gasteiger partial charge in [-0.15, -0.1) is 0 Å². The smallest absolute Gasteiger partial charge is 0.405 e. The van der Waals surface area contributed by atoms with Crippen LogP contribution in [-0.2, 0) is 6.54 Å². The molecule has 12 heteroatoms. The second kappa shape index (κ2) is 10.1. The van der Waals surface area contributed by atoms with Crippen molar-refractivity contribution in [2.75, 3.05) is 30.8 Å². The van der Waals surface area contributed by atoms with E-state index in [4.69, 9.17) is 30.6 Å². The normalized spacial score (nSPS) is 15.0. The Balaban J connectivity index is 1.47. The highest BCUT2D eigenvalue weighted by atomic mass is 32.2. The monoisotopic (exact) mass is 520 g/mol. The van der Waals surface area contributed by atoms with Gasteiger partial charge in [0.05, 0.1) is 24.7 Å². The molecule has 0 bridgehead atoms. The molecule has 1 amide bonds. The topological polar surface area (TPSA) is 144 Å². The first-order valence-electron chi connectivity index (χ1n) is 11.8. The van der Waals surface area contributed by atoms with Crippen molar-refractivity contribution in [3.63, 3.8) is 0 Å². The Morgan fingerprint density at radius 3 is 2.65 bits per heavy atom. The molecule has 11 nitrogen and oxygen atoms in total. The summed E-state index contributed by atoms with van der Waals surface area (Å²) in [5, 5.41) is 17.4. The number of hydrogen-bond acceptors (Lipinski definition) is 9. The van der Waals surface area contributed by atoms with Crippen LogP contribution in [0.5, 0.6) is 5.75 Å². The van der Waals surface area contributed by atoms with Crippen LogP contribution < -0.4 is 20.7 Å². The van der Waals surface area contributed by atoms with Crippen LogP contribution in [0.4, 0.5) is 16.4 Å². The number of methoxy groups -OCH3 is 1. The summed E-state index contributed by atoms with van der Waals surface area (Å²) in [4.78, 5) is 28.0. The van der Waals surface area contributed by atoms with Gasteiger partial charge < -0.3 is 25.8 Å². The first-order chi connectivity index (χ1) is 17.8. The van der Waals surface area contributed by atoms with Gasteiger partial charge in [0, 0.05) is 24.8 Å². The maximum atomic E-state index is 11.2. The van der Waals surface area contributed by atoms with Crippen molar-refractivity contribution < 1.29 is 14.6 Å². The summed E-state index contributed by atoms with van der Waals surface area (Å²) in [6.07, 6.45) is 3.75. The summed E-state index contributed by atoms with van der Waals surface area (Å²) < 4.78 is 7.13. The molecule has 3 aromatic heterocycles. The van der Waals surface area contributed by atoms with E-state index in [0.717, 1.165) is 22.0 Å². The van der Waals surface area contributed by atoms with E-state index in [9.17, 15) is 4.79 Å². The zero-order chi connectivity index (χ0) is 26.0. The Kier molecular flexibility index (Phi) is 6.74.